The maximum absolute atomic E-state index is 10.9. The van der Waals surface area contributed by atoms with E-state index in [-0.39, 0.29) is 10.6 Å². The molecule has 0 bridgehead atoms. The lowest BCUT2D eigenvalue weighted by molar-refractivity contribution is -0.418. The summed E-state index contributed by atoms with van der Waals surface area (Å²) >= 11 is 3.14. The van der Waals surface area contributed by atoms with Gasteiger partial charge in [0.15, 0.2) is 0 Å². The van der Waals surface area contributed by atoms with Crippen LogP contribution in [0.25, 0.3) is 12.2 Å². The van der Waals surface area contributed by atoms with E-state index < -0.39 is 0 Å². The Morgan fingerprint density at radius 1 is 1.11 bits per heavy atom. The van der Waals surface area contributed by atoms with Crippen molar-refractivity contribution >= 4 is 34.8 Å². The first-order valence-corrected chi connectivity index (χ1v) is 7.29. The highest BCUT2D eigenvalue weighted by molar-refractivity contribution is 7.11. The first-order valence-electron chi connectivity index (χ1n) is 5.53. The highest BCUT2D eigenvalue weighted by atomic mass is 32.1. The van der Waals surface area contributed by atoms with Gasteiger partial charge in [-0.1, -0.05) is 18.2 Å². The molecule has 96 valence electrons. The summed E-state index contributed by atoms with van der Waals surface area (Å²) in [5, 5.41) is 14.8. The Morgan fingerprint density at radius 3 is 2.26 bits per heavy atom. The molecule has 2 aromatic rings. The maximum atomic E-state index is 10.9. The molecule has 0 aliphatic carbocycles. The van der Waals surface area contributed by atoms with Crippen molar-refractivity contribution in [2.45, 2.75) is 0 Å². The molecule has 19 heavy (non-hydrogen) atoms. The van der Waals surface area contributed by atoms with E-state index in [1.807, 2.05) is 41.1 Å². The van der Waals surface area contributed by atoms with E-state index in [2.05, 4.69) is 0 Å². The van der Waals surface area contributed by atoms with Crippen molar-refractivity contribution < 1.29 is 4.92 Å². The van der Waals surface area contributed by atoms with Gasteiger partial charge in [0.1, 0.15) is 0 Å². The molecule has 0 N–H and O–H groups in total. The van der Waals surface area contributed by atoms with Crippen LogP contribution < -0.4 is 0 Å². The lowest BCUT2D eigenvalue weighted by Crippen LogP contribution is -1.94. The molecule has 0 saturated carbocycles. The van der Waals surface area contributed by atoms with Crippen LogP contribution in [-0.2, 0) is 0 Å². The van der Waals surface area contributed by atoms with E-state index >= 15 is 0 Å². The number of hydrogen-bond acceptors (Lipinski definition) is 4. The summed E-state index contributed by atoms with van der Waals surface area (Å²) in [5.41, 5.74) is 0.0706. The zero-order valence-corrected chi connectivity index (χ0v) is 11.6. The summed E-state index contributed by atoms with van der Waals surface area (Å²) in [6.45, 7) is 0. The Kier molecular flexibility index (Phi) is 4.83. The average molecular weight is 289 g/mol. The van der Waals surface area contributed by atoms with Gasteiger partial charge in [-0.15, -0.1) is 22.7 Å². The summed E-state index contributed by atoms with van der Waals surface area (Å²) in [6.07, 6.45) is 8.32. The molecule has 3 nitrogen and oxygen atoms in total. The van der Waals surface area contributed by atoms with E-state index in [0.29, 0.717) is 0 Å². The topological polar surface area (TPSA) is 43.1 Å². The van der Waals surface area contributed by atoms with Crippen molar-refractivity contribution in [1.82, 2.24) is 0 Å². The zero-order chi connectivity index (χ0) is 13.5. The standard InChI is InChI=1S/C14H11NO2S2/c16-15(17)12(8-9-14-7-3-11-19-14)4-1-5-13-6-2-10-18-13/h1-11H/b5-1+,9-8+,12-4+. The van der Waals surface area contributed by atoms with E-state index in [0.717, 1.165) is 9.75 Å². The second-order valence-electron chi connectivity index (χ2n) is 3.57. The highest BCUT2D eigenvalue weighted by Gasteiger charge is 2.03. The first kappa shape index (κ1) is 13.5. The quantitative estimate of drug-likeness (QED) is 0.455. The lowest BCUT2D eigenvalue weighted by Gasteiger charge is -1.89. The SMILES string of the molecule is O=[N+]([O-])C(/C=C/c1cccs1)=C/C=C/c1cccs1. The largest absolute Gasteiger partial charge is 0.269 e. The van der Waals surface area contributed by atoms with Gasteiger partial charge in [-0.3, -0.25) is 10.1 Å². The zero-order valence-electron chi connectivity index (χ0n) is 9.93. The lowest BCUT2D eigenvalue weighted by atomic mass is 10.3. The van der Waals surface area contributed by atoms with Crippen LogP contribution in [0.4, 0.5) is 0 Å². The van der Waals surface area contributed by atoms with Gasteiger partial charge < -0.3 is 0 Å². The molecular weight excluding hydrogens is 278 g/mol. The average Bonchev–Trinajstić information content (AvgIpc) is 3.06. The van der Waals surface area contributed by atoms with Gasteiger partial charge in [-0.2, -0.15) is 0 Å². The van der Waals surface area contributed by atoms with E-state index in [1.165, 1.54) is 12.2 Å². The van der Waals surface area contributed by atoms with Gasteiger partial charge >= 0.3 is 0 Å². The molecule has 0 aliphatic heterocycles. The third-order valence-electron chi connectivity index (χ3n) is 2.24. The van der Waals surface area contributed by atoms with E-state index in [9.17, 15) is 10.1 Å². The summed E-state index contributed by atoms with van der Waals surface area (Å²) in [5.74, 6) is 0. The Labute approximate surface area is 119 Å². The van der Waals surface area contributed by atoms with Crippen LogP contribution in [0.2, 0.25) is 0 Å². The van der Waals surface area contributed by atoms with Crippen LogP contribution in [0.3, 0.4) is 0 Å². The normalized spacial score (nSPS) is 12.5. The van der Waals surface area contributed by atoms with Crippen LogP contribution in [0.15, 0.2) is 59.0 Å². The monoisotopic (exact) mass is 289 g/mol. The Bertz CT molecular complexity index is 608. The van der Waals surface area contributed by atoms with Crippen molar-refractivity contribution in [2.75, 3.05) is 0 Å². The number of rotatable bonds is 5. The minimum atomic E-state index is -0.386. The number of nitrogens with zero attached hydrogens (tertiary/aromatic N) is 1. The van der Waals surface area contributed by atoms with Crippen LogP contribution in [0.5, 0.6) is 0 Å². The summed E-state index contributed by atoms with van der Waals surface area (Å²) in [6, 6.07) is 7.73. The maximum Gasteiger partial charge on any atom is 0.269 e. The van der Waals surface area contributed by atoms with Crippen molar-refractivity contribution in [3.63, 3.8) is 0 Å². The minimum absolute atomic E-state index is 0.0706. The molecule has 5 heteroatoms. The third kappa shape index (κ3) is 4.31. The number of hydrogen-bond donors (Lipinski definition) is 0. The summed E-state index contributed by atoms with van der Waals surface area (Å²) < 4.78 is 0. The molecule has 0 spiro atoms. The third-order valence-corrected chi connectivity index (χ3v) is 3.92. The van der Waals surface area contributed by atoms with Crippen LogP contribution >= 0.6 is 22.7 Å². The fourth-order valence-electron chi connectivity index (χ4n) is 1.36. The molecule has 0 atom stereocenters. The molecule has 2 aromatic heterocycles. The smallest absolute Gasteiger partial charge is 0.258 e. The fourth-order valence-corrected chi connectivity index (χ4v) is 2.61. The van der Waals surface area contributed by atoms with Crippen molar-refractivity contribution in [1.29, 1.82) is 0 Å². The molecule has 0 saturated heterocycles. The molecule has 0 aromatic carbocycles. The molecule has 0 aliphatic rings. The Hall–Kier alpha value is -1.98. The first-order chi connectivity index (χ1) is 9.25. The predicted octanol–water partition coefficient (Wildman–Crippen LogP) is 4.70. The Balaban J connectivity index is 2.09. The van der Waals surface area contributed by atoms with Crippen LogP contribution in [0, 0.1) is 10.1 Å². The molecule has 2 heterocycles. The Morgan fingerprint density at radius 2 is 1.74 bits per heavy atom. The van der Waals surface area contributed by atoms with E-state index in [4.69, 9.17) is 0 Å². The van der Waals surface area contributed by atoms with Gasteiger partial charge in [0.2, 0.25) is 0 Å². The van der Waals surface area contributed by atoms with Crippen molar-refractivity contribution in [3.05, 3.63) is 78.8 Å². The molecule has 0 radical (unpaired) electrons. The van der Waals surface area contributed by atoms with E-state index in [1.54, 1.807) is 34.8 Å². The molecule has 0 fully saturated rings. The predicted molar refractivity (Wildman–Crippen MR) is 81.8 cm³/mol. The molecule has 0 amide bonds. The fraction of sp³-hybridized carbons (Fsp3) is 0. The van der Waals surface area contributed by atoms with Gasteiger partial charge in [0.25, 0.3) is 5.70 Å². The number of allylic oxidation sites excluding steroid dienone is 3. The van der Waals surface area contributed by atoms with Gasteiger partial charge in [0.05, 0.1) is 4.92 Å². The van der Waals surface area contributed by atoms with Crippen LogP contribution in [0.1, 0.15) is 9.75 Å². The molecular formula is C14H11NO2S2. The number of nitro groups is 1. The van der Waals surface area contributed by atoms with Gasteiger partial charge in [-0.05, 0) is 35.0 Å². The van der Waals surface area contributed by atoms with Crippen molar-refractivity contribution in [2.24, 2.45) is 0 Å². The van der Waals surface area contributed by atoms with Crippen molar-refractivity contribution in [3.8, 4) is 0 Å². The summed E-state index contributed by atoms with van der Waals surface area (Å²) in [7, 11) is 0. The van der Waals surface area contributed by atoms with Gasteiger partial charge in [-0.25, -0.2) is 0 Å². The molecule has 2 rings (SSSR count). The number of thiophene rings is 2. The molecule has 0 unspecified atom stereocenters. The van der Waals surface area contributed by atoms with Gasteiger partial charge in [0, 0.05) is 21.9 Å². The second kappa shape index (κ2) is 6.82. The van der Waals surface area contributed by atoms with Crippen LogP contribution in [-0.4, -0.2) is 4.92 Å². The second-order valence-corrected chi connectivity index (χ2v) is 5.53. The highest BCUT2D eigenvalue weighted by Crippen LogP contribution is 2.13. The summed E-state index contributed by atoms with van der Waals surface area (Å²) in [4.78, 5) is 12.6. The minimum Gasteiger partial charge on any atom is -0.258 e.